The molecule has 4 rings (SSSR count). The number of ether oxygens (including phenoxy) is 1. The van der Waals surface area contributed by atoms with Crippen molar-refractivity contribution in [2.45, 2.75) is 18.2 Å². The second-order valence-electron chi connectivity index (χ2n) is 8.04. The molecule has 1 fully saturated rings. The summed E-state index contributed by atoms with van der Waals surface area (Å²) in [4.78, 5) is 34.9. The number of nitrogen functional groups attached to an aromatic ring is 1. The number of hydrogen-bond donors (Lipinski definition) is 2. The van der Waals surface area contributed by atoms with Gasteiger partial charge in [-0.1, -0.05) is 24.3 Å². The van der Waals surface area contributed by atoms with Gasteiger partial charge in [0.15, 0.2) is 11.6 Å². The van der Waals surface area contributed by atoms with Crippen LogP contribution in [0.3, 0.4) is 0 Å². The number of Topliss-reactive ketones (excluding diaryl/α,β-unsaturated/α-hetero) is 1. The number of carbonyl (C=O) groups excluding carboxylic acids is 2. The Morgan fingerprint density at radius 1 is 1.11 bits per heavy atom. The quantitative estimate of drug-likeness (QED) is 0.469. The van der Waals surface area contributed by atoms with E-state index in [1.165, 1.54) is 30.5 Å². The summed E-state index contributed by atoms with van der Waals surface area (Å²) in [6.07, 6.45) is 1.49. The number of nitrogens with two attached hydrogens (primary N) is 1. The number of amides is 1. The minimum absolute atomic E-state index is 0.0212. The van der Waals surface area contributed by atoms with Crippen LogP contribution in [0.15, 0.2) is 59.6 Å². The first-order chi connectivity index (χ1) is 16.7. The van der Waals surface area contributed by atoms with Gasteiger partial charge in [-0.3, -0.25) is 9.59 Å². The predicted molar refractivity (Wildman–Crippen MR) is 130 cm³/mol. The largest absolute Gasteiger partial charge is 0.382 e. The van der Waals surface area contributed by atoms with E-state index >= 15 is 0 Å². The molecular formula is C24H25N5O5S. The molecule has 10 nitrogen and oxygen atoms in total. The summed E-state index contributed by atoms with van der Waals surface area (Å²) in [6, 6.07) is 13.5. The Bertz CT molecular complexity index is 1350. The van der Waals surface area contributed by atoms with Crippen LogP contribution in [0.4, 0.5) is 11.5 Å². The van der Waals surface area contributed by atoms with E-state index < -0.39 is 15.9 Å². The molecule has 0 aliphatic carbocycles. The number of rotatable bonds is 7. The van der Waals surface area contributed by atoms with Crippen molar-refractivity contribution < 1.29 is 22.7 Å². The topological polar surface area (TPSA) is 145 Å². The SMILES string of the molecule is CC(=O)NS(=O)(=O)c1ccc(CC(=O)c2nc(-c3cccc(N4CCOCC4)c3)cnc2N)cc1. The highest BCUT2D eigenvalue weighted by atomic mass is 32.2. The van der Waals surface area contributed by atoms with Crippen LogP contribution in [0.5, 0.6) is 0 Å². The average molecular weight is 496 g/mol. The molecule has 182 valence electrons. The van der Waals surface area contributed by atoms with Crippen molar-refractivity contribution in [1.82, 2.24) is 14.7 Å². The van der Waals surface area contributed by atoms with Gasteiger partial charge in [0, 0.05) is 37.7 Å². The molecule has 1 aliphatic heterocycles. The van der Waals surface area contributed by atoms with E-state index in [9.17, 15) is 18.0 Å². The smallest absolute Gasteiger partial charge is 0.264 e. The van der Waals surface area contributed by atoms with Gasteiger partial charge in [0.25, 0.3) is 10.0 Å². The summed E-state index contributed by atoms with van der Waals surface area (Å²) in [7, 11) is -3.95. The number of carbonyl (C=O) groups is 2. The van der Waals surface area contributed by atoms with Gasteiger partial charge in [-0.2, -0.15) is 0 Å². The number of morpholine rings is 1. The summed E-state index contributed by atoms with van der Waals surface area (Å²) < 4.78 is 31.5. The zero-order valence-electron chi connectivity index (χ0n) is 19.1. The molecule has 1 aliphatic rings. The van der Waals surface area contributed by atoms with Gasteiger partial charge < -0.3 is 15.4 Å². The standard InChI is InChI=1S/C24H25N5O5S/c1-16(30)28-35(32,33)20-7-5-17(6-8-20)13-22(31)23-24(25)26-15-21(27-23)18-3-2-4-19(14-18)29-9-11-34-12-10-29/h2-8,14-15H,9-13H2,1H3,(H2,25,26)(H,28,30). The summed E-state index contributed by atoms with van der Waals surface area (Å²) in [5, 5.41) is 0. The fraction of sp³-hybridized carbons (Fsp3) is 0.250. The lowest BCUT2D eigenvalue weighted by atomic mass is 10.1. The monoisotopic (exact) mass is 495 g/mol. The Labute approximate surface area is 203 Å². The van der Waals surface area contributed by atoms with Crippen LogP contribution in [-0.2, 0) is 26.0 Å². The number of nitrogens with zero attached hydrogens (tertiary/aromatic N) is 3. The van der Waals surface area contributed by atoms with E-state index in [0.29, 0.717) is 24.5 Å². The van der Waals surface area contributed by atoms with Crippen LogP contribution < -0.4 is 15.4 Å². The first-order valence-corrected chi connectivity index (χ1v) is 12.4. The highest BCUT2D eigenvalue weighted by molar-refractivity contribution is 7.90. The first kappa shape index (κ1) is 24.3. The predicted octanol–water partition coefficient (Wildman–Crippen LogP) is 1.81. The van der Waals surface area contributed by atoms with Gasteiger partial charge in [0.2, 0.25) is 5.91 Å². The summed E-state index contributed by atoms with van der Waals surface area (Å²) in [5.74, 6) is -1.01. The lowest BCUT2D eigenvalue weighted by Crippen LogP contribution is -2.36. The fourth-order valence-corrected chi connectivity index (χ4v) is 4.72. The number of sulfonamides is 1. The van der Waals surface area contributed by atoms with Gasteiger partial charge in [0.05, 0.1) is 30.0 Å². The minimum Gasteiger partial charge on any atom is -0.382 e. The molecule has 0 radical (unpaired) electrons. The molecular weight excluding hydrogens is 470 g/mol. The average Bonchev–Trinajstić information content (AvgIpc) is 2.84. The molecule has 1 saturated heterocycles. The van der Waals surface area contributed by atoms with Crippen LogP contribution in [0.2, 0.25) is 0 Å². The molecule has 2 aromatic carbocycles. The number of benzene rings is 2. The van der Waals surface area contributed by atoms with E-state index in [0.717, 1.165) is 31.3 Å². The minimum atomic E-state index is -3.95. The van der Waals surface area contributed by atoms with E-state index in [2.05, 4.69) is 14.9 Å². The van der Waals surface area contributed by atoms with E-state index in [1.54, 1.807) is 0 Å². The van der Waals surface area contributed by atoms with Crippen LogP contribution in [0.25, 0.3) is 11.3 Å². The number of anilines is 2. The summed E-state index contributed by atoms with van der Waals surface area (Å²) >= 11 is 0. The highest BCUT2D eigenvalue weighted by Gasteiger charge is 2.19. The lowest BCUT2D eigenvalue weighted by Gasteiger charge is -2.29. The Kier molecular flexibility index (Phi) is 7.08. The Morgan fingerprint density at radius 3 is 2.51 bits per heavy atom. The Hall–Kier alpha value is -3.83. The number of nitrogens with one attached hydrogen (secondary N) is 1. The van der Waals surface area contributed by atoms with Crippen molar-refractivity contribution in [2.24, 2.45) is 0 Å². The number of aromatic nitrogens is 2. The first-order valence-electron chi connectivity index (χ1n) is 10.9. The van der Waals surface area contributed by atoms with Crippen LogP contribution in [-0.4, -0.2) is 56.4 Å². The van der Waals surface area contributed by atoms with Crippen LogP contribution in [0, 0.1) is 0 Å². The van der Waals surface area contributed by atoms with Gasteiger partial charge in [-0.15, -0.1) is 0 Å². The zero-order valence-corrected chi connectivity index (χ0v) is 19.9. The molecule has 0 bridgehead atoms. The van der Waals surface area contributed by atoms with Crippen molar-refractivity contribution in [3.8, 4) is 11.3 Å². The fourth-order valence-electron chi connectivity index (χ4n) is 3.73. The molecule has 35 heavy (non-hydrogen) atoms. The molecule has 0 unspecified atom stereocenters. The lowest BCUT2D eigenvalue weighted by molar-refractivity contribution is -0.117. The van der Waals surface area contributed by atoms with E-state index in [1.807, 2.05) is 29.0 Å². The number of hydrogen-bond acceptors (Lipinski definition) is 9. The van der Waals surface area contributed by atoms with Crippen LogP contribution >= 0.6 is 0 Å². The Morgan fingerprint density at radius 2 is 1.83 bits per heavy atom. The normalized spacial score (nSPS) is 13.9. The Balaban J connectivity index is 1.53. The van der Waals surface area contributed by atoms with E-state index in [-0.39, 0.29) is 28.6 Å². The van der Waals surface area contributed by atoms with Gasteiger partial charge in [-0.05, 0) is 29.8 Å². The van der Waals surface area contributed by atoms with Crippen molar-refractivity contribution in [2.75, 3.05) is 36.9 Å². The van der Waals surface area contributed by atoms with Crippen molar-refractivity contribution in [3.63, 3.8) is 0 Å². The van der Waals surface area contributed by atoms with Gasteiger partial charge in [-0.25, -0.2) is 23.1 Å². The molecule has 0 atom stereocenters. The van der Waals surface area contributed by atoms with Crippen molar-refractivity contribution in [3.05, 3.63) is 66.0 Å². The zero-order chi connectivity index (χ0) is 25.0. The summed E-state index contributed by atoms with van der Waals surface area (Å²) in [5.41, 5.74) is 8.94. The molecule has 3 aromatic rings. The molecule has 2 heterocycles. The maximum Gasteiger partial charge on any atom is 0.264 e. The van der Waals surface area contributed by atoms with E-state index in [4.69, 9.17) is 10.5 Å². The highest BCUT2D eigenvalue weighted by Crippen LogP contribution is 2.25. The number of ketones is 1. The third kappa shape index (κ3) is 5.81. The molecule has 1 aromatic heterocycles. The van der Waals surface area contributed by atoms with Gasteiger partial charge in [0.1, 0.15) is 5.69 Å². The molecule has 1 amide bonds. The second kappa shape index (κ2) is 10.2. The third-order valence-corrected chi connectivity index (χ3v) is 6.91. The summed E-state index contributed by atoms with van der Waals surface area (Å²) in [6.45, 7) is 4.05. The second-order valence-corrected chi connectivity index (χ2v) is 9.73. The van der Waals surface area contributed by atoms with Crippen molar-refractivity contribution in [1.29, 1.82) is 0 Å². The third-order valence-electron chi connectivity index (χ3n) is 5.46. The van der Waals surface area contributed by atoms with Crippen LogP contribution in [0.1, 0.15) is 23.0 Å². The van der Waals surface area contributed by atoms with Gasteiger partial charge >= 0.3 is 0 Å². The maximum atomic E-state index is 13.0. The molecule has 3 N–H and O–H groups in total. The van der Waals surface area contributed by atoms with Crippen molar-refractivity contribution >= 4 is 33.2 Å². The molecule has 0 spiro atoms. The molecule has 11 heteroatoms. The maximum absolute atomic E-state index is 13.0. The molecule has 0 saturated carbocycles.